The minimum Gasteiger partial charge on any atom is -0.444 e. The number of nitrogens with one attached hydrogen (secondary N) is 3. The molecule has 1 saturated heterocycles. The van der Waals surface area contributed by atoms with Crippen LogP contribution in [-0.2, 0) is 25.7 Å². The lowest BCUT2D eigenvalue weighted by atomic mass is 9.85. The van der Waals surface area contributed by atoms with Crippen LogP contribution in [0, 0.1) is 11.3 Å². The summed E-state index contributed by atoms with van der Waals surface area (Å²) in [5.41, 5.74) is 1.30. The van der Waals surface area contributed by atoms with Crippen molar-refractivity contribution in [2.45, 2.75) is 124 Å². The van der Waals surface area contributed by atoms with Gasteiger partial charge in [-0.15, -0.1) is 0 Å². The highest BCUT2D eigenvalue weighted by Gasteiger charge is 2.44. The number of alkyl carbamates (subject to hydrolysis) is 1. The maximum atomic E-state index is 14.8. The normalized spacial score (nSPS) is 16.9. The number of amides is 4. The van der Waals surface area contributed by atoms with Crippen molar-refractivity contribution < 1.29 is 23.9 Å². The lowest BCUT2D eigenvalue weighted by Crippen LogP contribution is -2.60. The molecule has 1 aliphatic heterocycles. The molecule has 0 bridgehead atoms. The van der Waals surface area contributed by atoms with Gasteiger partial charge in [-0.3, -0.25) is 14.4 Å². The molecule has 0 saturated carbocycles. The maximum absolute atomic E-state index is 14.8. The molecule has 1 fully saturated rings. The zero-order valence-electron chi connectivity index (χ0n) is 34.5. The molecule has 2 heterocycles. The van der Waals surface area contributed by atoms with E-state index in [1.54, 1.807) is 32.0 Å². The molecule has 0 spiro atoms. The minimum atomic E-state index is -1.07. The van der Waals surface area contributed by atoms with Crippen molar-refractivity contribution in [3.05, 3.63) is 102 Å². The van der Waals surface area contributed by atoms with Gasteiger partial charge in [0.15, 0.2) is 0 Å². The number of fused-ring (bicyclic) bond motifs is 1. The Kier molecular flexibility index (Phi) is 13.3. The summed E-state index contributed by atoms with van der Waals surface area (Å²) in [5, 5.41) is 11.2. The van der Waals surface area contributed by atoms with Gasteiger partial charge in [-0.1, -0.05) is 107 Å². The largest absolute Gasteiger partial charge is 0.444 e. The molecule has 11 nitrogen and oxygen atoms in total. The average molecular weight is 765 g/mol. The molecule has 5 atom stereocenters. The van der Waals surface area contributed by atoms with Crippen LogP contribution in [0.15, 0.2) is 85.3 Å². The Labute approximate surface area is 332 Å². The van der Waals surface area contributed by atoms with Crippen LogP contribution in [0.3, 0.4) is 0 Å². The van der Waals surface area contributed by atoms with Crippen LogP contribution in [-0.4, -0.2) is 68.5 Å². The zero-order chi connectivity index (χ0) is 40.8. The maximum Gasteiger partial charge on any atom is 0.408 e. The number of carbonyl (C=O) groups excluding carboxylic acids is 4. The molecule has 3 N–H and O–H groups in total. The van der Waals surface area contributed by atoms with Crippen LogP contribution >= 0.6 is 0 Å². The Morgan fingerprint density at radius 3 is 2.21 bits per heavy atom. The lowest BCUT2D eigenvalue weighted by molar-refractivity contribution is -0.142. The number of likely N-dealkylation sites (tertiary alicyclic amines) is 1. The second-order valence-corrected chi connectivity index (χ2v) is 17.6. The molecule has 300 valence electrons. The molecule has 0 radical (unpaired) electrons. The third-order valence-corrected chi connectivity index (χ3v) is 10.2. The van der Waals surface area contributed by atoms with Gasteiger partial charge in [0.2, 0.25) is 17.7 Å². The van der Waals surface area contributed by atoms with Crippen molar-refractivity contribution in [1.29, 1.82) is 0 Å². The number of nitrogens with zero attached hydrogens (tertiary/aromatic N) is 3. The third kappa shape index (κ3) is 10.8. The molecule has 4 amide bonds. The van der Waals surface area contributed by atoms with Gasteiger partial charge in [-0.05, 0) is 80.2 Å². The van der Waals surface area contributed by atoms with Gasteiger partial charge >= 0.3 is 6.09 Å². The standard InChI is InChI=1S/C45H60N6O5/c1-29(2)25-35(36-27-50(28-46-36)26-31-17-11-10-12-18-31)38(48-43(55)56-45(7,8)9)42(54)51-24-16-23-37(51)40(52)49-39(44(4,5)6)41(53)47-30(3)33-22-15-20-32-19-13-14-21-34(32)33/h10-15,17-22,27-30,35,37-39H,16,23-26H2,1-9H3,(H,47,53)(H,48,55)(H,49,52)/t30-,35+,37-,38-,39+/m0/s1. The molecule has 4 aromatic rings. The molecule has 1 aromatic heterocycles. The molecule has 0 aliphatic carbocycles. The molecular weight excluding hydrogens is 705 g/mol. The zero-order valence-corrected chi connectivity index (χ0v) is 34.5. The average Bonchev–Trinajstić information content (AvgIpc) is 3.81. The molecule has 0 unspecified atom stereocenters. The predicted molar refractivity (Wildman–Crippen MR) is 220 cm³/mol. The number of imidazole rings is 1. The number of rotatable bonds is 13. The van der Waals surface area contributed by atoms with E-state index in [1.165, 1.54) is 0 Å². The number of ether oxygens (including phenoxy) is 1. The summed E-state index contributed by atoms with van der Waals surface area (Å²) < 4.78 is 7.63. The van der Waals surface area contributed by atoms with E-state index >= 15 is 0 Å². The highest BCUT2D eigenvalue weighted by molar-refractivity contribution is 5.95. The highest BCUT2D eigenvalue weighted by Crippen LogP contribution is 2.31. The number of hydrogen-bond acceptors (Lipinski definition) is 6. The Balaban J connectivity index is 1.39. The summed E-state index contributed by atoms with van der Waals surface area (Å²) in [6.45, 7) is 18.0. The Hall–Kier alpha value is -5.19. The predicted octanol–water partition coefficient (Wildman–Crippen LogP) is 7.51. The van der Waals surface area contributed by atoms with Gasteiger partial charge in [-0.2, -0.15) is 0 Å². The van der Waals surface area contributed by atoms with Crippen molar-refractivity contribution in [2.75, 3.05) is 6.54 Å². The van der Waals surface area contributed by atoms with Crippen LogP contribution < -0.4 is 16.0 Å². The Bertz CT molecular complexity index is 1970. The van der Waals surface area contributed by atoms with Crippen LogP contribution in [0.4, 0.5) is 4.79 Å². The molecule has 5 rings (SSSR count). The summed E-state index contributed by atoms with van der Waals surface area (Å²) in [5.74, 6) is -1.48. The Morgan fingerprint density at radius 2 is 1.54 bits per heavy atom. The van der Waals surface area contributed by atoms with Gasteiger partial charge in [0.1, 0.15) is 23.7 Å². The van der Waals surface area contributed by atoms with Crippen LogP contribution in [0.2, 0.25) is 0 Å². The van der Waals surface area contributed by atoms with Crippen LogP contribution in [0.5, 0.6) is 0 Å². The van der Waals surface area contributed by atoms with Crippen LogP contribution in [0.1, 0.15) is 110 Å². The molecule has 3 aromatic carbocycles. The van der Waals surface area contributed by atoms with E-state index in [1.807, 2.05) is 111 Å². The van der Waals surface area contributed by atoms with E-state index in [-0.39, 0.29) is 17.9 Å². The number of aromatic nitrogens is 2. The SMILES string of the molecule is CC(C)C[C@H](c1cn(Cc2ccccc2)cn1)[C@H](NC(=O)OC(C)(C)C)C(=O)N1CCC[C@H]1C(=O)N[C@H](C(=O)N[C@@H](C)c1cccc2ccccc12)C(C)(C)C. The first-order chi connectivity index (χ1) is 26.4. The quantitative estimate of drug-likeness (QED) is 0.129. The van der Waals surface area contributed by atoms with Gasteiger partial charge in [0.05, 0.1) is 18.1 Å². The van der Waals surface area contributed by atoms with Gasteiger partial charge < -0.3 is 30.2 Å². The summed E-state index contributed by atoms with van der Waals surface area (Å²) in [6, 6.07) is 21.0. The molecular formula is C45H60N6O5. The first-order valence-corrected chi connectivity index (χ1v) is 19.8. The van der Waals surface area contributed by atoms with Crippen molar-refractivity contribution in [3.63, 3.8) is 0 Å². The van der Waals surface area contributed by atoms with Crippen molar-refractivity contribution in [2.24, 2.45) is 11.3 Å². The molecule has 56 heavy (non-hydrogen) atoms. The van der Waals surface area contributed by atoms with Crippen LogP contribution in [0.25, 0.3) is 10.8 Å². The third-order valence-electron chi connectivity index (χ3n) is 10.2. The second kappa shape index (κ2) is 17.7. The number of carbonyl (C=O) groups is 4. The number of hydrogen-bond donors (Lipinski definition) is 3. The minimum absolute atomic E-state index is 0.148. The van der Waals surface area contributed by atoms with E-state index in [0.29, 0.717) is 38.0 Å². The van der Waals surface area contributed by atoms with Crippen molar-refractivity contribution in [3.8, 4) is 0 Å². The second-order valence-electron chi connectivity index (χ2n) is 17.6. The summed E-state index contributed by atoms with van der Waals surface area (Å²) in [7, 11) is 0. The topological polar surface area (TPSA) is 135 Å². The van der Waals surface area contributed by atoms with Gasteiger partial charge in [-0.25, -0.2) is 9.78 Å². The van der Waals surface area contributed by atoms with E-state index in [2.05, 4.69) is 29.8 Å². The Morgan fingerprint density at radius 1 is 0.857 bits per heavy atom. The first-order valence-electron chi connectivity index (χ1n) is 19.8. The fourth-order valence-electron chi connectivity index (χ4n) is 7.55. The smallest absolute Gasteiger partial charge is 0.408 e. The van der Waals surface area contributed by atoms with Gasteiger partial charge in [0, 0.05) is 25.2 Å². The van der Waals surface area contributed by atoms with Gasteiger partial charge in [0.25, 0.3) is 0 Å². The summed E-state index contributed by atoms with van der Waals surface area (Å²) in [4.78, 5) is 62.8. The summed E-state index contributed by atoms with van der Waals surface area (Å²) in [6.07, 6.45) is 4.50. The van der Waals surface area contributed by atoms with E-state index < -0.39 is 53.0 Å². The number of benzene rings is 3. The summed E-state index contributed by atoms with van der Waals surface area (Å²) >= 11 is 0. The monoisotopic (exact) mass is 764 g/mol. The first kappa shape index (κ1) is 42.0. The van der Waals surface area contributed by atoms with Crippen molar-refractivity contribution >= 4 is 34.6 Å². The molecule has 1 aliphatic rings. The van der Waals surface area contributed by atoms with E-state index in [0.717, 1.165) is 21.9 Å². The highest BCUT2D eigenvalue weighted by atomic mass is 16.6. The van der Waals surface area contributed by atoms with E-state index in [9.17, 15) is 19.2 Å². The molecule has 11 heteroatoms. The van der Waals surface area contributed by atoms with E-state index in [4.69, 9.17) is 9.72 Å². The fraction of sp³-hybridized carbons (Fsp3) is 0.489. The lowest BCUT2D eigenvalue weighted by Gasteiger charge is -2.35. The van der Waals surface area contributed by atoms with Crippen molar-refractivity contribution in [1.82, 2.24) is 30.4 Å². The fourth-order valence-corrected chi connectivity index (χ4v) is 7.55.